The summed E-state index contributed by atoms with van der Waals surface area (Å²) in [5.41, 5.74) is 5.74. The van der Waals surface area contributed by atoms with E-state index in [-0.39, 0.29) is 11.4 Å². The van der Waals surface area contributed by atoms with Crippen molar-refractivity contribution in [1.29, 1.82) is 0 Å². The molecule has 20 heavy (non-hydrogen) atoms. The Morgan fingerprint density at radius 3 is 2.40 bits per heavy atom. The van der Waals surface area contributed by atoms with Crippen molar-refractivity contribution in [3.63, 3.8) is 0 Å². The van der Waals surface area contributed by atoms with Gasteiger partial charge in [0.25, 0.3) is 5.69 Å². The van der Waals surface area contributed by atoms with Crippen LogP contribution in [-0.2, 0) is 10.0 Å². The lowest BCUT2D eigenvalue weighted by molar-refractivity contribution is -0.385. The van der Waals surface area contributed by atoms with Gasteiger partial charge in [0.15, 0.2) is 0 Å². The molecule has 5 N–H and O–H groups in total. The average Bonchev–Trinajstić information content (AvgIpc) is 2.38. The van der Waals surface area contributed by atoms with Gasteiger partial charge >= 0.3 is 0 Å². The third-order valence-electron chi connectivity index (χ3n) is 3.08. The number of non-ortho nitro benzene ring substituents is 1. The highest BCUT2D eigenvalue weighted by Gasteiger charge is 2.24. The smallest absolute Gasteiger partial charge is 0.273 e. The minimum atomic E-state index is -4.12. The number of nitrogens with two attached hydrogens (primary N) is 2. The fourth-order valence-corrected chi connectivity index (χ4v) is 2.80. The van der Waals surface area contributed by atoms with Crippen LogP contribution in [0.15, 0.2) is 17.0 Å². The van der Waals surface area contributed by atoms with E-state index < -0.39 is 19.8 Å². The van der Waals surface area contributed by atoms with Crippen LogP contribution in [0.1, 0.15) is 0 Å². The molecule has 0 bridgehead atoms. The van der Waals surface area contributed by atoms with Gasteiger partial charge in [0.1, 0.15) is 4.90 Å². The molecule has 2 rings (SSSR count). The van der Waals surface area contributed by atoms with Crippen molar-refractivity contribution in [2.75, 3.05) is 36.8 Å². The van der Waals surface area contributed by atoms with Gasteiger partial charge in [-0.3, -0.25) is 10.1 Å². The zero-order valence-corrected chi connectivity index (χ0v) is 11.4. The Morgan fingerprint density at radius 2 is 1.90 bits per heavy atom. The first kappa shape index (κ1) is 14.5. The van der Waals surface area contributed by atoms with Gasteiger partial charge in [-0.25, -0.2) is 13.6 Å². The number of hydrogen-bond donors (Lipinski definition) is 3. The quantitative estimate of drug-likeness (QED) is 0.378. The predicted molar refractivity (Wildman–Crippen MR) is 74.0 cm³/mol. The number of nitrogens with one attached hydrogen (secondary N) is 1. The number of nitrogens with zero attached hydrogens (tertiary/aromatic N) is 2. The Labute approximate surface area is 115 Å². The van der Waals surface area contributed by atoms with Gasteiger partial charge in [-0.05, 0) is 0 Å². The molecule has 0 unspecified atom stereocenters. The fourth-order valence-electron chi connectivity index (χ4n) is 2.11. The van der Waals surface area contributed by atoms with Crippen molar-refractivity contribution in [3.05, 3.63) is 22.2 Å². The van der Waals surface area contributed by atoms with Crippen LogP contribution >= 0.6 is 0 Å². The summed E-state index contributed by atoms with van der Waals surface area (Å²) >= 11 is 0. The average molecular weight is 301 g/mol. The molecule has 1 heterocycles. The van der Waals surface area contributed by atoms with Crippen molar-refractivity contribution in [3.8, 4) is 0 Å². The van der Waals surface area contributed by atoms with Crippen molar-refractivity contribution in [1.82, 2.24) is 5.32 Å². The molecule has 1 aromatic rings. The highest BCUT2D eigenvalue weighted by Crippen LogP contribution is 2.34. The molecule has 1 fully saturated rings. The molecule has 1 aliphatic heterocycles. The molecule has 0 aromatic heterocycles. The number of benzene rings is 1. The van der Waals surface area contributed by atoms with Crippen LogP contribution in [-0.4, -0.2) is 39.5 Å². The highest BCUT2D eigenvalue weighted by molar-refractivity contribution is 7.89. The summed E-state index contributed by atoms with van der Waals surface area (Å²) in [6.45, 7) is 2.53. The summed E-state index contributed by atoms with van der Waals surface area (Å²) < 4.78 is 23.0. The lowest BCUT2D eigenvalue weighted by Gasteiger charge is -2.30. The molecule has 0 aliphatic carbocycles. The Bertz CT molecular complexity index is 639. The molecule has 0 atom stereocenters. The first-order valence-electron chi connectivity index (χ1n) is 5.87. The van der Waals surface area contributed by atoms with Gasteiger partial charge in [-0.15, -0.1) is 0 Å². The van der Waals surface area contributed by atoms with Gasteiger partial charge in [0, 0.05) is 38.3 Å². The Kier molecular flexibility index (Phi) is 3.79. The Hall–Kier alpha value is -1.91. The number of nitrogen functional groups attached to an aromatic ring is 1. The van der Waals surface area contributed by atoms with E-state index in [0.29, 0.717) is 31.9 Å². The lowest BCUT2D eigenvalue weighted by atomic mass is 10.2. The van der Waals surface area contributed by atoms with Gasteiger partial charge < -0.3 is 16.0 Å². The van der Waals surface area contributed by atoms with E-state index in [1.54, 1.807) is 4.90 Å². The van der Waals surface area contributed by atoms with E-state index in [1.165, 1.54) is 6.07 Å². The molecule has 9 nitrogen and oxygen atoms in total. The predicted octanol–water partition coefficient (Wildman–Crippen LogP) is -0.766. The summed E-state index contributed by atoms with van der Waals surface area (Å²) in [6.07, 6.45) is 0. The van der Waals surface area contributed by atoms with Crippen LogP contribution < -0.4 is 21.1 Å². The third-order valence-corrected chi connectivity index (χ3v) is 4.03. The van der Waals surface area contributed by atoms with Gasteiger partial charge in [-0.1, -0.05) is 0 Å². The van der Waals surface area contributed by atoms with Crippen LogP contribution in [0.5, 0.6) is 0 Å². The van der Waals surface area contributed by atoms with Crippen molar-refractivity contribution in [2.45, 2.75) is 4.90 Å². The molecule has 1 aromatic carbocycles. The first-order valence-corrected chi connectivity index (χ1v) is 7.41. The largest absolute Gasteiger partial charge is 0.396 e. The number of primary sulfonamides is 1. The van der Waals surface area contributed by atoms with Crippen molar-refractivity contribution < 1.29 is 13.3 Å². The van der Waals surface area contributed by atoms with Gasteiger partial charge in [0.2, 0.25) is 10.0 Å². The molecule has 0 spiro atoms. The summed E-state index contributed by atoms with van der Waals surface area (Å²) in [7, 11) is -4.12. The van der Waals surface area contributed by atoms with E-state index in [0.717, 1.165) is 6.07 Å². The monoisotopic (exact) mass is 301 g/mol. The summed E-state index contributed by atoms with van der Waals surface area (Å²) in [5.74, 6) is 0. The van der Waals surface area contributed by atoms with Crippen LogP contribution in [0.25, 0.3) is 0 Å². The van der Waals surface area contributed by atoms with Crippen LogP contribution in [0.3, 0.4) is 0 Å². The lowest BCUT2D eigenvalue weighted by Crippen LogP contribution is -2.44. The van der Waals surface area contributed by atoms with Crippen LogP contribution in [0.2, 0.25) is 0 Å². The maximum absolute atomic E-state index is 11.5. The zero-order chi connectivity index (χ0) is 14.9. The fraction of sp³-hybridized carbons (Fsp3) is 0.400. The van der Waals surface area contributed by atoms with E-state index in [4.69, 9.17) is 10.9 Å². The second-order valence-corrected chi connectivity index (χ2v) is 5.95. The third kappa shape index (κ3) is 2.81. The minimum Gasteiger partial charge on any atom is -0.396 e. The van der Waals surface area contributed by atoms with Crippen molar-refractivity contribution in [2.24, 2.45) is 5.14 Å². The molecule has 0 saturated carbocycles. The number of piperazine rings is 1. The highest BCUT2D eigenvalue weighted by atomic mass is 32.2. The number of anilines is 2. The maximum Gasteiger partial charge on any atom is 0.273 e. The number of nitro groups is 1. The van der Waals surface area contributed by atoms with Crippen LogP contribution in [0, 0.1) is 10.1 Å². The maximum atomic E-state index is 11.5. The first-order chi connectivity index (χ1) is 9.30. The van der Waals surface area contributed by atoms with Crippen molar-refractivity contribution >= 4 is 27.1 Å². The number of nitro benzene ring substituents is 1. The van der Waals surface area contributed by atoms with Gasteiger partial charge in [0.05, 0.1) is 16.3 Å². The zero-order valence-electron chi connectivity index (χ0n) is 10.6. The Morgan fingerprint density at radius 1 is 1.30 bits per heavy atom. The molecule has 10 heteroatoms. The summed E-state index contributed by atoms with van der Waals surface area (Å²) in [4.78, 5) is 11.6. The summed E-state index contributed by atoms with van der Waals surface area (Å²) in [6, 6.07) is 2.16. The molecule has 1 aliphatic rings. The SMILES string of the molecule is Nc1c(N2CCNCC2)cc([N+](=O)[O-])cc1S(N)(=O)=O. The topological polar surface area (TPSA) is 145 Å². The van der Waals surface area contributed by atoms with Gasteiger partial charge in [-0.2, -0.15) is 0 Å². The second kappa shape index (κ2) is 5.23. The van der Waals surface area contributed by atoms with E-state index in [9.17, 15) is 18.5 Å². The number of rotatable bonds is 3. The second-order valence-electron chi connectivity index (χ2n) is 4.42. The van der Waals surface area contributed by atoms with E-state index in [1.807, 2.05) is 0 Å². The summed E-state index contributed by atoms with van der Waals surface area (Å²) in [5, 5.41) is 19.1. The molecular weight excluding hydrogens is 286 g/mol. The molecule has 1 saturated heterocycles. The normalized spacial score (nSPS) is 16.1. The van der Waals surface area contributed by atoms with E-state index >= 15 is 0 Å². The number of hydrogen-bond acceptors (Lipinski definition) is 7. The number of sulfonamides is 1. The van der Waals surface area contributed by atoms with E-state index in [2.05, 4.69) is 5.32 Å². The minimum absolute atomic E-state index is 0.0556. The molecular formula is C10H15N5O4S. The molecule has 0 radical (unpaired) electrons. The van der Waals surface area contributed by atoms with Crippen LogP contribution in [0.4, 0.5) is 17.1 Å². The standard InChI is InChI=1S/C10H15N5O4S/c11-10-8(14-3-1-13-2-4-14)5-7(15(16)17)6-9(10)20(12,18)19/h5-6,13H,1-4,11H2,(H2,12,18,19). The molecule has 110 valence electrons. The Balaban J connectivity index is 2.60. The molecule has 0 amide bonds.